The third kappa shape index (κ3) is 4.16. The molecule has 0 amide bonds. The minimum absolute atomic E-state index is 0.644. The number of aromatic amines is 1. The molecule has 0 aliphatic carbocycles. The van der Waals surface area contributed by atoms with Gasteiger partial charge >= 0.3 is 0 Å². The Balaban J connectivity index is 1.45. The summed E-state index contributed by atoms with van der Waals surface area (Å²) in [6.45, 7) is 3.18. The molecule has 2 heterocycles. The molecule has 0 spiro atoms. The van der Waals surface area contributed by atoms with Gasteiger partial charge in [0.1, 0.15) is 6.61 Å². The highest BCUT2D eigenvalue weighted by Gasteiger charge is 2.21. The minimum Gasteiger partial charge on any atom is -0.493 e. The van der Waals surface area contributed by atoms with Crippen LogP contribution in [0.3, 0.4) is 0 Å². The SMILES string of the molecule is COc1cc(-c2ccc(SC)cc2)cc2c1OCCN(Cc1cc3ccccc3[nH]1)C2. The first-order valence-electron chi connectivity index (χ1n) is 10.5. The van der Waals surface area contributed by atoms with E-state index in [2.05, 4.69) is 82.9 Å². The van der Waals surface area contributed by atoms with Crippen LogP contribution in [-0.4, -0.2) is 36.4 Å². The summed E-state index contributed by atoms with van der Waals surface area (Å²) in [6, 6.07) is 23.7. The fraction of sp³-hybridized carbons (Fsp3) is 0.231. The van der Waals surface area contributed by atoms with Crippen molar-refractivity contribution in [2.75, 3.05) is 26.5 Å². The summed E-state index contributed by atoms with van der Waals surface area (Å²) in [5.41, 5.74) is 5.91. The van der Waals surface area contributed by atoms with Crippen LogP contribution in [0.4, 0.5) is 0 Å². The van der Waals surface area contributed by atoms with E-state index in [4.69, 9.17) is 9.47 Å². The van der Waals surface area contributed by atoms with Crippen molar-refractivity contribution in [2.45, 2.75) is 18.0 Å². The van der Waals surface area contributed by atoms with Crippen molar-refractivity contribution in [2.24, 2.45) is 0 Å². The van der Waals surface area contributed by atoms with Crippen molar-refractivity contribution >= 4 is 22.7 Å². The van der Waals surface area contributed by atoms with Crippen LogP contribution in [0.15, 0.2) is 71.6 Å². The number of nitrogens with one attached hydrogen (secondary N) is 1. The van der Waals surface area contributed by atoms with Gasteiger partial charge in [-0.2, -0.15) is 0 Å². The van der Waals surface area contributed by atoms with E-state index >= 15 is 0 Å². The van der Waals surface area contributed by atoms with Crippen molar-refractivity contribution in [1.82, 2.24) is 9.88 Å². The predicted octanol–water partition coefficient (Wildman–Crippen LogP) is 5.96. The van der Waals surface area contributed by atoms with Crippen LogP contribution in [0, 0.1) is 0 Å². The lowest BCUT2D eigenvalue weighted by Crippen LogP contribution is -2.25. The third-order valence-corrected chi connectivity index (χ3v) is 6.55. The first-order chi connectivity index (χ1) is 15.2. The zero-order valence-electron chi connectivity index (χ0n) is 17.9. The topological polar surface area (TPSA) is 37.5 Å². The van der Waals surface area contributed by atoms with Crippen LogP contribution in [0.25, 0.3) is 22.0 Å². The summed E-state index contributed by atoms with van der Waals surface area (Å²) in [6.07, 6.45) is 2.10. The highest BCUT2D eigenvalue weighted by molar-refractivity contribution is 7.98. The van der Waals surface area contributed by atoms with Gasteiger partial charge in [0.05, 0.1) is 7.11 Å². The van der Waals surface area contributed by atoms with E-state index in [-0.39, 0.29) is 0 Å². The van der Waals surface area contributed by atoms with Gasteiger partial charge in [-0.1, -0.05) is 30.3 Å². The van der Waals surface area contributed by atoms with Gasteiger partial charge in [-0.3, -0.25) is 4.90 Å². The Labute approximate surface area is 187 Å². The van der Waals surface area contributed by atoms with Crippen LogP contribution in [-0.2, 0) is 13.1 Å². The molecule has 158 valence electrons. The number of benzene rings is 3. The molecule has 0 saturated carbocycles. The molecule has 4 aromatic rings. The normalized spacial score (nSPS) is 14.1. The van der Waals surface area contributed by atoms with Gasteiger partial charge in [-0.05, 0) is 59.2 Å². The van der Waals surface area contributed by atoms with Crippen LogP contribution < -0.4 is 9.47 Å². The van der Waals surface area contributed by atoms with Crippen molar-refractivity contribution in [3.05, 3.63) is 78.0 Å². The molecule has 1 N–H and O–H groups in total. The highest BCUT2D eigenvalue weighted by atomic mass is 32.2. The molecule has 0 fully saturated rings. The number of fused-ring (bicyclic) bond motifs is 2. The Morgan fingerprint density at radius 2 is 1.87 bits per heavy atom. The maximum Gasteiger partial charge on any atom is 0.165 e. The number of thioether (sulfide) groups is 1. The fourth-order valence-electron chi connectivity index (χ4n) is 4.23. The molecule has 1 aliphatic heterocycles. The Hall–Kier alpha value is -2.89. The van der Waals surface area contributed by atoms with Crippen molar-refractivity contribution < 1.29 is 9.47 Å². The molecular formula is C26H26N2O2S. The summed E-state index contributed by atoms with van der Waals surface area (Å²) < 4.78 is 11.9. The van der Waals surface area contributed by atoms with Crippen molar-refractivity contribution in [3.8, 4) is 22.6 Å². The number of ether oxygens (including phenoxy) is 2. The number of rotatable bonds is 5. The van der Waals surface area contributed by atoms with E-state index in [9.17, 15) is 0 Å². The first-order valence-corrected chi connectivity index (χ1v) is 11.7. The van der Waals surface area contributed by atoms with E-state index < -0.39 is 0 Å². The van der Waals surface area contributed by atoms with E-state index in [1.807, 2.05) is 0 Å². The summed E-state index contributed by atoms with van der Waals surface area (Å²) >= 11 is 1.75. The number of aromatic nitrogens is 1. The largest absolute Gasteiger partial charge is 0.493 e. The molecule has 31 heavy (non-hydrogen) atoms. The second kappa shape index (κ2) is 8.69. The smallest absolute Gasteiger partial charge is 0.165 e. The molecule has 5 heteroatoms. The molecule has 0 saturated heterocycles. The zero-order chi connectivity index (χ0) is 21.2. The standard InChI is InChI=1S/C26H26N2O2S/c1-29-25-15-20(18-7-9-23(31-2)10-8-18)13-21-16-28(11-12-30-26(21)25)17-22-14-19-5-3-4-6-24(19)27-22/h3-10,13-15,27H,11-12,16-17H2,1-2H3. The Morgan fingerprint density at radius 1 is 1.03 bits per heavy atom. The lowest BCUT2D eigenvalue weighted by molar-refractivity contribution is 0.215. The third-order valence-electron chi connectivity index (χ3n) is 5.80. The Bertz CT molecular complexity index is 1170. The fourth-order valence-corrected chi connectivity index (χ4v) is 4.64. The lowest BCUT2D eigenvalue weighted by Gasteiger charge is -2.19. The van der Waals surface area contributed by atoms with Gasteiger partial charge in [0.15, 0.2) is 11.5 Å². The molecule has 0 atom stereocenters. The Morgan fingerprint density at radius 3 is 2.65 bits per heavy atom. The predicted molar refractivity (Wildman–Crippen MR) is 128 cm³/mol. The first kappa shape index (κ1) is 20.0. The van der Waals surface area contributed by atoms with Gasteiger partial charge in [0, 0.05) is 41.3 Å². The van der Waals surface area contributed by atoms with Crippen LogP contribution >= 0.6 is 11.8 Å². The molecule has 3 aromatic carbocycles. The maximum atomic E-state index is 6.14. The monoisotopic (exact) mass is 430 g/mol. The number of hydrogen-bond acceptors (Lipinski definition) is 4. The Kier molecular flexibility index (Phi) is 5.62. The van der Waals surface area contributed by atoms with Crippen molar-refractivity contribution in [3.63, 3.8) is 0 Å². The van der Waals surface area contributed by atoms with Gasteiger partial charge in [-0.25, -0.2) is 0 Å². The lowest BCUT2D eigenvalue weighted by atomic mass is 10.0. The number of nitrogens with zero attached hydrogens (tertiary/aromatic N) is 1. The van der Waals surface area contributed by atoms with Crippen LogP contribution in [0.5, 0.6) is 11.5 Å². The summed E-state index contributed by atoms with van der Waals surface area (Å²) in [7, 11) is 1.71. The average molecular weight is 431 g/mol. The van der Waals surface area contributed by atoms with Gasteiger partial charge in [0.2, 0.25) is 0 Å². The van der Waals surface area contributed by atoms with E-state index in [1.165, 1.54) is 27.1 Å². The average Bonchev–Trinajstić information content (AvgIpc) is 3.10. The second-order valence-electron chi connectivity index (χ2n) is 7.84. The molecule has 1 aliphatic rings. The van der Waals surface area contributed by atoms with Gasteiger partial charge in [-0.15, -0.1) is 11.8 Å². The maximum absolute atomic E-state index is 6.14. The highest BCUT2D eigenvalue weighted by Crippen LogP contribution is 2.39. The van der Waals surface area contributed by atoms with Crippen LogP contribution in [0.2, 0.25) is 0 Å². The molecular weight excluding hydrogens is 404 g/mol. The van der Waals surface area contributed by atoms with E-state index in [1.54, 1.807) is 18.9 Å². The van der Waals surface area contributed by atoms with Gasteiger partial charge in [0.25, 0.3) is 0 Å². The zero-order valence-corrected chi connectivity index (χ0v) is 18.7. The molecule has 0 radical (unpaired) electrons. The molecule has 5 rings (SSSR count). The summed E-state index contributed by atoms with van der Waals surface area (Å²) in [5, 5.41) is 1.25. The quantitative estimate of drug-likeness (QED) is 0.397. The van der Waals surface area contributed by atoms with Crippen LogP contribution in [0.1, 0.15) is 11.3 Å². The number of H-pyrrole nitrogens is 1. The molecule has 4 nitrogen and oxygen atoms in total. The van der Waals surface area contributed by atoms with Crippen molar-refractivity contribution in [1.29, 1.82) is 0 Å². The molecule has 0 unspecified atom stereocenters. The molecule has 0 bridgehead atoms. The van der Waals surface area contributed by atoms with Gasteiger partial charge < -0.3 is 14.5 Å². The minimum atomic E-state index is 0.644. The number of methoxy groups -OCH3 is 1. The summed E-state index contributed by atoms with van der Waals surface area (Å²) in [5.74, 6) is 1.67. The second-order valence-corrected chi connectivity index (χ2v) is 8.72. The van der Waals surface area contributed by atoms with E-state index in [0.717, 1.165) is 42.3 Å². The number of hydrogen-bond donors (Lipinski definition) is 1. The van der Waals surface area contributed by atoms with E-state index in [0.29, 0.717) is 6.61 Å². The molecule has 1 aromatic heterocycles. The summed E-state index contributed by atoms with van der Waals surface area (Å²) in [4.78, 5) is 7.24. The number of para-hydroxylation sites is 1.